The Labute approximate surface area is 142 Å². The van der Waals surface area contributed by atoms with Gasteiger partial charge in [-0.1, -0.05) is 55.8 Å². The minimum Gasteiger partial charge on any atom is -0.356 e. The molecule has 0 bridgehead atoms. The van der Waals surface area contributed by atoms with E-state index in [0.29, 0.717) is 16.1 Å². The Bertz CT molecular complexity index is 596. The number of hydrogen-bond donors (Lipinski definition) is 2. The Morgan fingerprint density at radius 3 is 2.27 bits per heavy atom. The number of hydrogen-bond acceptors (Lipinski definition) is 1. The standard InChI is InChI=1S/C18H21ClN2S/c1-13(2)12-17(14-6-4-3-5-7-14)21-18(22)20-16-10-8-15(19)9-11-16/h3-11,13,17H,12H2,1-2H3,(H2,20,21,22). The van der Waals surface area contributed by atoms with Crippen molar-refractivity contribution in [1.29, 1.82) is 0 Å². The Morgan fingerprint density at radius 2 is 1.68 bits per heavy atom. The molecule has 0 fully saturated rings. The fraction of sp³-hybridized carbons (Fsp3) is 0.278. The lowest BCUT2D eigenvalue weighted by atomic mass is 9.97. The second-order valence-corrected chi connectivity index (χ2v) is 6.54. The third kappa shape index (κ3) is 5.32. The molecule has 0 radical (unpaired) electrons. The summed E-state index contributed by atoms with van der Waals surface area (Å²) in [5.41, 5.74) is 2.18. The molecule has 0 aliphatic heterocycles. The lowest BCUT2D eigenvalue weighted by Gasteiger charge is -2.23. The maximum Gasteiger partial charge on any atom is 0.171 e. The predicted octanol–water partition coefficient (Wildman–Crippen LogP) is 5.41. The summed E-state index contributed by atoms with van der Waals surface area (Å²) >= 11 is 11.3. The van der Waals surface area contributed by atoms with E-state index in [-0.39, 0.29) is 6.04 Å². The van der Waals surface area contributed by atoms with Crippen LogP contribution in [0.25, 0.3) is 0 Å². The average Bonchev–Trinajstić information content (AvgIpc) is 2.49. The average molecular weight is 333 g/mol. The van der Waals surface area contributed by atoms with Crippen molar-refractivity contribution < 1.29 is 0 Å². The predicted molar refractivity (Wildman–Crippen MR) is 99.4 cm³/mol. The lowest BCUT2D eigenvalue weighted by Crippen LogP contribution is -2.33. The summed E-state index contributed by atoms with van der Waals surface area (Å²) in [7, 11) is 0. The van der Waals surface area contributed by atoms with E-state index >= 15 is 0 Å². The van der Waals surface area contributed by atoms with Crippen LogP contribution in [0.2, 0.25) is 5.02 Å². The quantitative estimate of drug-likeness (QED) is 0.715. The number of nitrogens with one attached hydrogen (secondary N) is 2. The van der Waals surface area contributed by atoms with Gasteiger partial charge in [0, 0.05) is 10.7 Å². The van der Waals surface area contributed by atoms with Gasteiger partial charge in [-0.3, -0.25) is 0 Å². The molecule has 1 atom stereocenters. The van der Waals surface area contributed by atoms with Gasteiger partial charge in [-0.05, 0) is 54.4 Å². The van der Waals surface area contributed by atoms with E-state index in [1.165, 1.54) is 5.56 Å². The molecule has 0 aliphatic rings. The molecule has 0 saturated heterocycles. The first-order valence-corrected chi connectivity index (χ1v) is 8.21. The molecule has 2 aromatic carbocycles. The summed E-state index contributed by atoms with van der Waals surface area (Å²) in [6, 6.07) is 18.1. The number of anilines is 1. The summed E-state index contributed by atoms with van der Waals surface area (Å²) in [5, 5.41) is 7.96. The van der Waals surface area contributed by atoms with E-state index in [4.69, 9.17) is 23.8 Å². The van der Waals surface area contributed by atoms with Gasteiger partial charge in [0.1, 0.15) is 0 Å². The van der Waals surface area contributed by atoms with Crippen molar-refractivity contribution in [2.24, 2.45) is 5.92 Å². The summed E-state index contributed by atoms with van der Waals surface area (Å²) in [5.74, 6) is 0.580. The molecule has 0 heterocycles. The molecule has 2 rings (SSSR count). The molecule has 4 heteroatoms. The van der Waals surface area contributed by atoms with Crippen molar-refractivity contribution >= 4 is 34.6 Å². The van der Waals surface area contributed by atoms with Gasteiger partial charge in [0.05, 0.1) is 6.04 Å². The molecule has 2 N–H and O–H groups in total. The van der Waals surface area contributed by atoms with E-state index in [1.807, 2.05) is 30.3 Å². The third-order valence-corrected chi connectivity index (χ3v) is 3.79. The molecule has 22 heavy (non-hydrogen) atoms. The van der Waals surface area contributed by atoms with Crippen molar-refractivity contribution in [2.75, 3.05) is 5.32 Å². The van der Waals surface area contributed by atoms with Gasteiger partial charge in [-0.2, -0.15) is 0 Å². The topological polar surface area (TPSA) is 24.1 Å². The summed E-state index contributed by atoms with van der Waals surface area (Å²) < 4.78 is 0. The molecule has 0 amide bonds. The summed E-state index contributed by atoms with van der Waals surface area (Å²) in [4.78, 5) is 0. The Hall–Kier alpha value is -1.58. The SMILES string of the molecule is CC(C)CC(NC(=S)Nc1ccc(Cl)cc1)c1ccccc1. The highest BCUT2D eigenvalue weighted by Crippen LogP contribution is 2.21. The van der Waals surface area contributed by atoms with Crippen LogP contribution >= 0.6 is 23.8 Å². The molecule has 2 nitrogen and oxygen atoms in total. The Balaban J connectivity index is 2.03. The molecule has 2 aromatic rings. The third-order valence-electron chi connectivity index (χ3n) is 3.32. The van der Waals surface area contributed by atoms with E-state index in [1.54, 1.807) is 0 Å². The monoisotopic (exact) mass is 332 g/mol. The van der Waals surface area contributed by atoms with Gasteiger partial charge in [-0.25, -0.2) is 0 Å². The first kappa shape index (κ1) is 16.8. The van der Waals surface area contributed by atoms with Crippen molar-refractivity contribution in [1.82, 2.24) is 5.32 Å². The fourth-order valence-electron chi connectivity index (χ4n) is 2.29. The molecule has 0 spiro atoms. The van der Waals surface area contributed by atoms with Gasteiger partial charge >= 0.3 is 0 Å². The van der Waals surface area contributed by atoms with Crippen molar-refractivity contribution in [2.45, 2.75) is 26.3 Å². The van der Waals surface area contributed by atoms with Crippen LogP contribution in [0.3, 0.4) is 0 Å². The van der Waals surface area contributed by atoms with Crippen LogP contribution < -0.4 is 10.6 Å². The molecular weight excluding hydrogens is 312 g/mol. The summed E-state index contributed by atoms with van der Waals surface area (Å²) in [6.07, 6.45) is 1.02. The maximum absolute atomic E-state index is 5.89. The Kier molecular flexibility index (Phi) is 6.22. The van der Waals surface area contributed by atoms with Crippen LogP contribution in [0, 0.1) is 5.92 Å². The zero-order valence-electron chi connectivity index (χ0n) is 12.8. The van der Waals surface area contributed by atoms with E-state index in [9.17, 15) is 0 Å². The van der Waals surface area contributed by atoms with Gasteiger partial charge in [0.2, 0.25) is 0 Å². The van der Waals surface area contributed by atoms with Crippen molar-refractivity contribution in [3.8, 4) is 0 Å². The second-order valence-electron chi connectivity index (χ2n) is 5.70. The number of rotatable bonds is 5. The van der Waals surface area contributed by atoms with E-state index in [0.717, 1.165) is 12.1 Å². The van der Waals surface area contributed by atoms with Gasteiger partial charge in [0.25, 0.3) is 0 Å². The normalized spacial score (nSPS) is 12.0. The van der Waals surface area contributed by atoms with Gasteiger partial charge < -0.3 is 10.6 Å². The van der Waals surface area contributed by atoms with Gasteiger partial charge in [-0.15, -0.1) is 0 Å². The van der Waals surface area contributed by atoms with Crippen LogP contribution in [0.1, 0.15) is 31.9 Å². The summed E-state index contributed by atoms with van der Waals surface area (Å²) in [6.45, 7) is 4.43. The highest BCUT2D eigenvalue weighted by molar-refractivity contribution is 7.80. The molecule has 0 aliphatic carbocycles. The highest BCUT2D eigenvalue weighted by Gasteiger charge is 2.14. The molecule has 116 valence electrons. The minimum atomic E-state index is 0.202. The van der Waals surface area contributed by atoms with Gasteiger partial charge in [0.15, 0.2) is 5.11 Å². The fourth-order valence-corrected chi connectivity index (χ4v) is 2.68. The van der Waals surface area contributed by atoms with Crippen LogP contribution in [0.15, 0.2) is 54.6 Å². The lowest BCUT2D eigenvalue weighted by molar-refractivity contribution is 0.481. The Morgan fingerprint density at radius 1 is 1.05 bits per heavy atom. The second kappa shape index (κ2) is 8.16. The maximum atomic E-state index is 5.89. The van der Waals surface area contributed by atoms with Crippen LogP contribution in [-0.2, 0) is 0 Å². The number of benzene rings is 2. The van der Waals surface area contributed by atoms with Crippen molar-refractivity contribution in [3.63, 3.8) is 0 Å². The largest absolute Gasteiger partial charge is 0.356 e. The van der Waals surface area contributed by atoms with Crippen molar-refractivity contribution in [3.05, 3.63) is 65.2 Å². The van der Waals surface area contributed by atoms with E-state index < -0.39 is 0 Å². The zero-order valence-corrected chi connectivity index (χ0v) is 14.4. The smallest absolute Gasteiger partial charge is 0.171 e. The van der Waals surface area contributed by atoms with E-state index in [2.05, 4.69) is 48.7 Å². The molecule has 1 unspecified atom stereocenters. The highest BCUT2D eigenvalue weighted by atomic mass is 35.5. The first-order valence-electron chi connectivity index (χ1n) is 7.42. The molecular formula is C18H21ClN2S. The number of thiocarbonyl (C=S) groups is 1. The first-order chi connectivity index (χ1) is 10.5. The number of halogens is 1. The molecule has 0 saturated carbocycles. The zero-order chi connectivity index (χ0) is 15.9. The minimum absolute atomic E-state index is 0.202. The molecule has 0 aromatic heterocycles. The van der Waals surface area contributed by atoms with Crippen LogP contribution in [0.5, 0.6) is 0 Å². The van der Waals surface area contributed by atoms with Crippen LogP contribution in [-0.4, -0.2) is 5.11 Å². The van der Waals surface area contributed by atoms with Crippen LogP contribution in [0.4, 0.5) is 5.69 Å².